The van der Waals surface area contributed by atoms with Crippen molar-refractivity contribution in [1.29, 1.82) is 0 Å². The number of alkyl halides is 5. The molecule has 0 unspecified atom stereocenters. The molecule has 0 saturated carbocycles. The third-order valence-corrected chi connectivity index (χ3v) is 2.69. The van der Waals surface area contributed by atoms with E-state index in [2.05, 4.69) is 9.47 Å². The molecule has 0 heterocycles. The smallest absolute Gasteiger partial charge is 0.435 e. The fourth-order valence-electron chi connectivity index (χ4n) is 1.90. The molecule has 0 N–H and O–H groups in total. The number of ether oxygens (including phenoxy) is 2. The van der Waals surface area contributed by atoms with E-state index in [0.717, 1.165) is 12.1 Å². The zero-order chi connectivity index (χ0) is 17.0. The lowest BCUT2D eigenvalue weighted by atomic mass is 10.0. The average Bonchev–Trinajstić information content (AvgIpc) is 2.44. The van der Waals surface area contributed by atoms with Crippen molar-refractivity contribution in [2.24, 2.45) is 0 Å². The summed E-state index contributed by atoms with van der Waals surface area (Å²) in [7, 11) is 0. The number of benzene rings is 2. The van der Waals surface area contributed by atoms with Crippen molar-refractivity contribution in [3.8, 4) is 22.6 Å². The Morgan fingerprint density at radius 2 is 1.65 bits per heavy atom. The summed E-state index contributed by atoms with van der Waals surface area (Å²) in [6, 6.07) is 8.62. The Labute approximate surface area is 127 Å². The monoisotopic (exact) mass is 332 g/mol. The van der Waals surface area contributed by atoms with Gasteiger partial charge in [0, 0.05) is 5.56 Å². The van der Waals surface area contributed by atoms with Gasteiger partial charge in [-0.1, -0.05) is 12.1 Å². The van der Waals surface area contributed by atoms with E-state index < -0.39 is 18.7 Å². The van der Waals surface area contributed by atoms with Crippen LogP contribution in [0.4, 0.5) is 22.0 Å². The summed E-state index contributed by atoms with van der Waals surface area (Å²) in [5.41, 5.74) is 0.425. The van der Waals surface area contributed by atoms with Gasteiger partial charge in [-0.25, -0.2) is 0 Å². The SMILES string of the molecule is O=Cc1cc(OC(F)(F)F)cc(-c2cccc(OC(F)F)c2)c1. The number of carbonyl (C=O) groups excluding carboxylic acids is 1. The standard InChI is InChI=1S/C15H9F5O3/c16-14(17)22-12-3-1-2-10(6-12)11-4-9(8-21)5-13(7-11)23-15(18,19)20/h1-8,14H. The first-order valence-electron chi connectivity index (χ1n) is 6.18. The van der Waals surface area contributed by atoms with Crippen molar-refractivity contribution in [2.75, 3.05) is 0 Å². The van der Waals surface area contributed by atoms with Gasteiger partial charge in [-0.3, -0.25) is 4.79 Å². The first-order chi connectivity index (χ1) is 10.8. The summed E-state index contributed by atoms with van der Waals surface area (Å²) in [6.45, 7) is -3.03. The first kappa shape index (κ1) is 16.7. The molecule has 0 spiro atoms. The highest BCUT2D eigenvalue weighted by Crippen LogP contribution is 2.31. The molecule has 122 valence electrons. The molecular formula is C15H9F5O3. The van der Waals surface area contributed by atoms with Gasteiger partial charge in [0.1, 0.15) is 17.8 Å². The van der Waals surface area contributed by atoms with Gasteiger partial charge < -0.3 is 9.47 Å². The van der Waals surface area contributed by atoms with E-state index in [1.165, 1.54) is 30.3 Å². The molecule has 0 fully saturated rings. The molecule has 0 aliphatic rings. The summed E-state index contributed by atoms with van der Waals surface area (Å²) >= 11 is 0. The summed E-state index contributed by atoms with van der Waals surface area (Å²) in [6.07, 6.45) is -4.56. The fraction of sp³-hybridized carbons (Fsp3) is 0.133. The van der Waals surface area contributed by atoms with Gasteiger partial charge in [0.15, 0.2) is 0 Å². The molecule has 0 aromatic heterocycles. The van der Waals surface area contributed by atoms with Gasteiger partial charge in [0.25, 0.3) is 0 Å². The maximum absolute atomic E-state index is 12.3. The summed E-state index contributed by atoms with van der Waals surface area (Å²) in [5, 5.41) is 0. The van der Waals surface area contributed by atoms with Gasteiger partial charge in [-0.05, 0) is 41.5 Å². The molecule has 0 aliphatic carbocycles. The van der Waals surface area contributed by atoms with E-state index in [0.29, 0.717) is 11.8 Å². The van der Waals surface area contributed by atoms with Crippen molar-refractivity contribution in [3.63, 3.8) is 0 Å². The molecule has 0 amide bonds. The topological polar surface area (TPSA) is 35.5 Å². The molecule has 2 aromatic carbocycles. The van der Waals surface area contributed by atoms with Crippen LogP contribution in [0.3, 0.4) is 0 Å². The highest BCUT2D eigenvalue weighted by molar-refractivity contribution is 5.80. The van der Waals surface area contributed by atoms with E-state index in [1.54, 1.807) is 0 Å². The van der Waals surface area contributed by atoms with Gasteiger partial charge in [0.05, 0.1) is 0 Å². The predicted octanol–water partition coefficient (Wildman–Crippen LogP) is 4.67. The molecule has 0 bridgehead atoms. The third-order valence-electron chi connectivity index (χ3n) is 2.69. The Kier molecular flexibility index (Phi) is 4.83. The zero-order valence-electron chi connectivity index (χ0n) is 11.3. The normalized spacial score (nSPS) is 11.4. The molecule has 2 rings (SSSR count). The number of halogens is 5. The van der Waals surface area contributed by atoms with Crippen LogP contribution in [0.15, 0.2) is 42.5 Å². The van der Waals surface area contributed by atoms with Crippen molar-refractivity contribution in [3.05, 3.63) is 48.0 Å². The van der Waals surface area contributed by atoms with Gasteiger partial charge in [-0.15, -0.1) is 13.2 Å². The second-order valence-electron chi connectivity index (χ2n) is 4.36. The van der Waals surface area contributed by atoms with Crippen LogP contribution in [-0.2, 0) is 0 Å². The van der Waals surface area contributed by atoms with Gasteiger partial charge in [-0.2, -0.15) is 8.78 Å². The molecule has 0 radical (unpaired) electrons. The largest absolute Gasteiger partial charge is 0.573 e. The minimum Gasteiger partial charge on any atom is -0.435 e. The fourth-order valence-corrected chi connectivity index (χ4v) is 1.90. The van der Waals surface area contributed by atoms with Crippen molar-refractivity contribution >= 4 is 6.29 Å². The Balaban J connectivity index is 2.42. The van der Waals surface area contributed by atoms with Crippen LogP contribution in [0.1, 0.15) is 10.4 Å². The minimum atomic E-state index is -4.92. The lowest BCUT2D eigenvalue weighted by molar-refractivity contribution is -0.274. The van der Waals surface area contributed by atoms with E-state index >= 15 is 0 Å². The molecule has 0 atom stereocenters. The Bertz CT molecular complexity index is 698. The molecule has 2 aromatic rings. The second-order valence-corrected chi connectivity index (χ2v) is 4.36. The van der Waals surface area contributed by atoms with Crippen LogP contribution in [0.5, 0.6) is 11.5 Å². The minimum absolute atomic E-state index is 0.0538. The molecule has 3 nitrogen and oxygen atoms in total. The quantitative estimate of drug-likeness (QED) is 0.590. The zero-order valence-corrected chi connectivity index (χ0v) is 11.3. The van der Waals surface area contributed by atoms with Crippen molar-refractivity contribution in [1.82, 2.24) is 0 Å². The Morgan fingerprint density at radius 3 is 2.26 bits per heavy atom. The number of carbonyl (C=O) groups is 1. The maximum atomic E-state index is 12.3. The Morgan fingerprint density at radius 1 is 0.957 bits per heavy atom. The highest BCUT2D eigenvalue weighted by atomic mass is 19.4. The molecule has 0 aliphatic heterocycles. The summed E-state index contributed by atoms with van der Waals surface area (Å²) in [4.78, 5) is 10.9. The number of aldehydes is 1. The van der Waals surface area contributed by atoms with Crippen LogP contribution in [0.2, 0.25) is 0 Å². The van der Waals surface area contributed by atoms with Crippen LogP contribution < -0.4 is 9.47 Å². The lowest BCUT2D eigenvalue weighted by Crippen LogP contribution is -2.17. The van der Waals surface area contributed by atoms with E-state index in [1.807, 2.05) is 0 Å². The van der Waals surface area contributed by atoms with Crippen LogP contribution in [-0.4, -0.2) is 19.3 Å². The molecule has 8 heteroatoms. The van der Waals surface area contributed by atoms with Gasteiger partial charge in [0.2, 0.25) is 0 Å². The van der Waals surface area contributed by atoms with Crippen LogP contribution in [0.25, 0.3) is 11.1 Å². The second kappa shape index (κ2) is 6.64. The molecule has 23 heavy (non-hydrogen) atoms. The average molecular weight is 332 g/mol. The lowest BCUT2D eigenvalue weighted by Gasteiger charge is -2.12. The molecule has 0 saturated heterocycles. The van der Waals surface area contributed by atoms with Crippen LogP contribution in [0, 0.1) is 0 Å². The maximum Gasteiger partial charge on any atom is 0.573 e. The summed E-state index contributed by atoms with van der Waals surface area (Å²) < 4.78 is 69.4. The number of hydrogen-bond donors (Lipinski definition) is 0. The Hall–Kier alpha value is -2.64. The summed E-state index contributed by atoms with van der Waals surface area (Å²) in [5.74, 6) is -0.746. The third kappa shape index (κ3) is 4.94. The van der Waals surface area contributed by atoms with Gasteiger partial charge >= 0.3 is 13.0 Å². The van der Waals surface area contributed by atoms with E-state index in [4.69, 9.17) is 0 Å². The number of rotatable bonds is 5. The van der Waals surface area contributed by atoms with E-state index in [-0.39, 0.29) is 16.9 Å². The van der Waals surface area contributed by atoms with Crippen LogP contribution >= 0.6 is 0 Å². The molecular weight excluding hydrogens is 323 g/mol. The van der Waals surface area contributed by atoms with Crippen molar-refractivity contribution < 1.29 is 36.2 Å². The van der Waals surface area contributed by atoms with Crippen molar-refractivity contribution in [2.45, 2.75) is 13.0 Å². The highest BCUT2D eigenvalue weighted by Gasteiger charge is 2.31. The van der Waals surface area contributed by atoms with E-state index in [9.17, 15) is 26.7 Å². The first-order valence-corrected chi connectivity index (χ1v) is 6.18. The predicted molar refractivity (Wildman–Crippen MR) is 70.6 cm³/mol. The number of hydrogen-bond acceptors (Lipinski definition) is 3.